The zero-order valence-corrected chi connectivity index (χ0v) is 17.7. The summed E-state index contributed by atoms with van der Waals surface area (Å²) in [6.07, 6.45) is 5.04. The van der Waals surface area contributed by atoms with Crippen molar-refractivity contribution >= 4 is 23.9 Å². The van der Waals surface area contributed by atoms with Gasteiger partial charge in [0.05, 0.1) is 12.0 Å². The summed E-state index contributed by atoms with van der Waals surface area (Å²) in [5, 5.41) is 13.3. The van der Waals surface area contributed by atoms with Gasteiger partial charge in [0.2, 0.25) is 0 Å². The van der Waals surface area contributed by atoms with E-state index in [2.05, 4.69) is 25.7 Å². The van der Waals surface area contributed by atoms with E-state index in [9.17, 15) is 4.79 Å². The van der Waals surface area contributed by atoms with E-state index in [0.29, 0.717) is 11.0 Å². The van der Waals surface area contributed by atoms with Crippen LogP contribution in [0.1, 0.15) is 11.1 Å². The monoisotopic (exact) mass is 428 g/mol. The number of pyridine rings is 1. The van der Waals surface area contributed by atoms with Crippen LogP contribution in [0.15, 0.2) is 89.4 Å². The Morgan fingerprint density at radius 2 is 1.77 bits per heavy atom. The number of rotatable bonds is 7. The molecule has 4 aromatic rings. The predicted octanol–water partition coefficient (Wildman–Crippen LogP) is 3.88. The van der Waals surface area contributed by atoms with Crippen molar-refractivity contribution in [3.05, 3.63) is 90.3 Å². The third-order valence-electron chi connectivity index (χ3n) is 4.40. The van der Waals surface area contributed by atoms with E-state index in [0.717, 1.165) is 22.4 Å². The number of carbonyl (C=O) groups excluding carboxylic acids is 1. The Morgan fingerprint density at radius 1 is 1.03 bits per heavy atom. The molecule has 0 radical (unpaired) electrons. The fourth-order valence-electron chi connectivity index (χ4n) is 2.86. The molecule has 0 aliphatic rings. The van der Waals surface area contributed by atoms with Crippen LogP contribution in [0.2, 0.25) is 0 Å². The Kier molecular flexibility index (Phi) is 6.49. The molecule has 0 unspecified atom stereocenters. The summed E-state index contributed by atoms with van der Waals surface area (Å²) in [6, 6.07) is 21.4. The van der Waals surface area contributed by atoms with Gasteiger partial charge in [0.15, 0.2) is 11.0 Å². The summed E-state index contributed by atoms with van der Waals surface area (Å²) in [5.74, 6) is 0.629. The lowest BCUT2D eigenvalue weighted by molar-refractivity contribution is -0.118. The van der Waals surface area contributed by atoms with Crippen molar-refractivity contribution in [2.24, 2.45) is 5.10 Å². The molecule has 8 heteroatoms. The highest BCUT2D eigenvalue weighted by Crippen LogP contribution is 2.27. The van der Waals surface area contributed by atoms with Crippen molar-refractivity contribution in [3.63, 3.8) is 0 Å². The minimum absolute atomic E-state index is 0.159. The fraction of sp³-hybridized carbons (Fsp3) is 0.0870. The molecule has 7 nitrogen and oxygen atoms in total. The normalized spacial score (nSPS) is 11.0. The molecular formula is C23H20N6OS. The molecule has 154 valence electrons. The molecule has 0 aliphatic carbocycles. The van der Waals surface area contributed by atoms with Crippen LogP contribution in [0.3, 0.4) is 0 Å². The Hall–Kier alpha value is -3.78. The predicted molar refractivity (Wildman–Crippen MR) is 122 cm³/mol. The molecule has 2 heterocycles. The van der Waals surface area contributed by atoms with Crippen molar-refractivity contribution in [2.75, 3.05) is 5.75 Å². The van der Waals surface area contributed by atoms with E-state index in [1.807, 2.05) is 78.2 Å². The van der Waals surface area contributed by atoms with Gasteiger partial charge in [-0.2, -0.15) is 5.10 Å². The van der Waals surface area contributed by atoms with Crippen LogP contribution in [-0.2, 0) is 4.79 Å². The third kappa shape index (κ3) is 5.23. The summed E-state index contributed by atoms with van der Waals surface area (Å²) in [6.45, 7) is 2.04. The molecule has 0 spiro atoms. The number of benzene rings is 2. The quantitative estimate of drug-likeness (QED) is 0.274. The summed E-state index contributed by atoms with van der Waals surface area (Å²) in [4.78, 5) is 16.3. The van der Waals surface area contributed by atoms with Crippen molar-refractivity contribution in [1.29, 1.82) is 0 Å². The number of nitrogens with zero attached hydrogens (tertiary/aromatic N) is 5. The second-order valence-corrected chi connectivity index (χ2v) is 7.65. The van der Waals surface area contributed by atoms with Crippen LogP contribution in [0.25, 0.3) is 17.1 Å². The van der Waals surface area contributed by atoms with Crippen molar-refractivity contribution < 1.29 is 4.79 Å². The Balaban J connectivity index is 1.51. The smallest absolute Gasteiger partial charge is 0.250 e. The van der Waals surface area contributed by atoms with E-state index < -0.39 is 0 Å². The van der Waals surface area contributed by atoms with Crippen LogP contribution < -0.4 is 5.43 Å². The first kappa shape index (κ1) is 20.5. The van der Waals surface area contributed by atoms with Crippen molar-refractivity contribution in [2.45, 2.75) is 12.1 Å². The number of amides is 1. The van der Waals surface area contributed by atoms with Gasteiger partial charge in [-0.15, -0.1) is 10.2 Å². The average Bonchev–Trinajstić information content (AvgIpc) is 3.23. The van der Waals surface area contributed by atoms with E-state index in [4.69, 9.17) is 0 Å². The number of hydrogen-bond donors (Lipinski definition) is 1. The standard InChI is InChI=1S/C23H20N6OS/c1-17-7-9-20(10-8-17)29-22(19-11-13-24-14-12-19)27-28-23(29)31-16-21(30)26-25-15-18-5-3-2-4-6-18/h2-15H,16H2,1H3,(H,26,30)/b25-15-. The maximum Gasteiger partial charge on any atom is 0.250 e. The fourth-order valence-corrected chi connectivity index (χ4v) is 3.60. The lowest BCUT2D eigenvalue weighted by atomic mass is 10.2. The largest absolute Gasteiger partial charge is 0.272 e. The third-order valence-corrected chi connectivity index (χ3v) is 5.33. The van der Waals surface area contributed by atoms with E-state index in [1.54, 1.807) is 18.6 Å². The maximum absolute atomic E-state index is 12.3. The lowest BCUT2D eigenvalue weighted by Gasteiger charge is -2.10. The van der Waals surface area contributed by atoms with Gasteiger partial charge in [0.25, 0.3) is 5.91 Å². The first-order chi connectivity index (χ1) is 15.2. The summed E-state index contributed by atoms with van der Waals surface area (Å²) < 4.78 is 1.94. The van der Waals surface area contributed by atoms with Gasteiger partial charge >= 0.3 is 0 Å². The van der Waals surface area contributed by atoms with Gasteiger partial charge in [0.1, 0.15) is 0 Å². The molecule has 2 aromatic carbocycles. The first-order valence-electron chi connectivity index (χ1n) is 9.63. The molecule has 0 aliphatic heterocycles. The van der Waals surface area contributed by atoms with Gasteiger partial charge in [-0.05, 0) is 36.8 Å². The number of carbonyl (C=O) groups is 1. The number of thioether (sulfide) groups is 1. The Labute approximate surface area is 184 Å². The maximum atomic E-state index is 12.3. The number of hydrazone groups is 1. The molecule has 1 N–H and O–H groups in total. The van der Waals surface area contributed by atoms with E-state index in [-0.39, 0.29) is 11.7 Å². The van der Waals surface area contributed by atoms with E-state index >= 15 is 0 Å². The SMILES string of the molecule is Cc1ccc(-n2c(SCC(=O)N/N=C\c3ccccc3)nnc2-c2ccncc2)cc1. The van der Waals surface area contributed by atoms with Gasteiger partial charge in [-0.1, -0.05) is 59.8 Å². The molecular weight excluding hydrogens is 408 g/mol. The summed E-state index contributed by atoms with van der Waals surface area (Å²) >= 11 is 1.30. The Morgan fingerprint density at radius 3 is 2.52 bits per heavy atom. The number of hydrogen-bond acceptors (Lipinski definition) is 6. The van der Waals surface area contributed by atoms with Crippen LogP contribution in [-0.4, -0.2) is 37.6 Å². The molecule has 31 heavy (non-hydrogen) atoms. The number of aromatic nitrogens is 4. The van der Waals surface area contributed by atoms with Gasteiger partial charge < -0.3 is 0 Å². The highest BCUT2D eigenvalue weighted by atomic mass is 32.2. The zero-order chi connectivity index (χ0) is 21.5. The average molecular weight is 429 g/mol. The number of nitrogens with one attached hydrogen (secondary N) is 1. The minimum Gasteiger partial charge on any atom is -0.272 e. The topological polar surface area (TPSA) is 85.1 Å². The Bertz CT molecular complexity index is 1170. The minimum atomic E-state index is -0.221. The van der Waals surface area contributed by atoms with Crippen molar-refractivity contribution in [3.8, 4) is 17.1 Å². The van der Waals surface area contributed by atoms with E-state index in [1.165, 1.54) is 11.8 Å². The highest BCUT2D eigenvalue weighted by Gasteiger charge is 2.17. The molecule has 0 fully saturated rings. The molecule has 4 rings (SSSR count). The van der Waals surface area contributed by atoms with Crippen LogP contribution in [0.5, 0.6) is 0 Å². The van der Waals surface area contributed by atoms with Crippen LogP contribution in [0.4, 0.5) is 0 Å². The molecule has 0 bridgehead atoms. The summed E-state index contributed by atoms with van der Waals surface area (Å²) in [5.41, 5.74) is 6.44. The molecule has 1 amide bonds. The van der Waals surface area contributed by atoms with Gasteiger partial charge in [-0.3, -0.25) is 14.3 Å². The summed E-state index contributed by atoms with van der Waals surface area (Å²) in [7, 11) is 0. The molecule has 0 atom stereocenters. The lowest BCUT2D eigenvalue weighted by Crippen LogP contribution is -2.20. The number of aryl methyl sites for hydroxylation is 1. The van der Waals surface area contributed by atoms with Crippen LogP contribution in [0, 0.1) is 6.92 Å². The second-order valence-electron chi connectivity index (χ2n) is 6.71. The molecule has 0 saturated carbocycles. The highest BCUT2D eigenvalue weighted by molar-refractivity contribution is 7.99. The van der Waals surface area contributed by atoms with Gasteiger partial charge in [0, 0.05) is 23.6 Å². The van der Waals surface area contributed by atoms with Crippen molar-refractivity contribution in [1.82, 2.24) is 25.2 Å². The first-order valence-corrected chi connectivity index (χ1v) is 10.6. The second kappa shape index (κ2) is 9.82. The van der Waals surface area contributed by atoms with Crippen LogP contribution >= 0.6 is 11.8 Å². The van der Waals surface area contributed by atoms with Gasteiger partial charge in [-0.25, -0.2) is 5.43 Å². The molecule has 0 saturated heterocycles. The molecule has 2 aromatic heterocycles. The zero-order valence-electron chi connectivity index (χ0n) is 16.8.